The molecular weight excluding hydrogens is 342 g/mol. The maximum atomic E-state index is 13.8. The van der Waals surface area contributed by atoms with E-state index in [2.05, 4.69) is 15.9 Å². The predicted molar refractivity (Wildman–Crippen MR) is 79.7 cm³/mol. The van der Waals surface area contributed by atoms with Crippen LogP contribution in [0.3, 0.4) is 0 Å². The standard InChI is InChI=1S/C16H13BrF2O2/c1-9(2)21-12-5-3-4-10(6-12)16(20)15-13(18)7-11(17)8-14(15)19/h3-9H,1-2H3. The average molecular weight is 355 g/mol. The number of hydrogen-bond acceptors (Lipinski definition) is 2. The van der Waals surface area contributed by atoms with Crippen LogP contribution >= 0.6 is 15.9 Å². The summed E-state index contributed by atoms with van der Waals surface area (Å²) in [6.07, 6.45) is -0.0588. The van der Waals surface area contributed by atoms with Crippen molar-refractivity contribution in [3.63, 3.8) is 0 Å². The summed E-state index contributed by atoms with van der Waals surface area (Å²) < 4.78 is 33.4. The molecule has 0 bridgehead atoms. The zero-order valence-corrected chi connectivity index (χ0v) is 13.1. The molecule has 0 aliphatic heterocycles. The molecule has 0 radical (unpaired) electrons. The molecule has 5 heteroatoms. The second kappa shape index (κ2) is 6.35. The van der Waals surface area contributed by atoms with Crippen LogP contribution in [0.5, 0.6) is 5.75 Å². The fraction of sp³-hybridized carbons (Fsp3) is 0.188. The van der Waals surface area contributed by atoms with Crippen molar-refractivity contribution in [3.8, 4) is 5.75 Å². The predicted octanol–water partition coefficient (Wildman–Crippen LogP) is 4.75. The SMILES string of the molecule is CC(C)Oc1cccc(C(=O)c2c(F)cc(Br)cc2F)c1. The molecule has 0 unspecified atom stereocenters. The second-order valence-electron chi connectivity index (χ2n) is 4.77. The summed E-state index contributed by atoms with van der Waals surface area (Å²) in [5, 5.41) is 0. The zero-order chi connectivity index (χ0) is 15.6. The molecule has 110 valence electrons. The Hall–Kier alpha value is -1.75. The van der Waals surface area contributed by atoms with Crippen LogP contribution in [-0.4, -0.2) is 11.9 Å². The Bertz CT molecular complexity index is 661. The third kappa shape index (κ3) is 3.67. The lowest BCUT2D eigenvalue weighted by atomic mass is 10.0. The summed E-state index contributed by atoms with van der Waals surface area (Å²) >= 11 is 2.98. The molecule has 0 aliphatic rings. The van der Waals surface area contributed by atoms with E-state index in [0.29, 0.717) is 5.75 Å². The minimum Gasteiger partial charge on any atom is -0.491 e. The quantitative estimate of drug-likeness (QED) is 0.741. The topological polar surface area (TPSA) is 26.3 Å². The van der Waals surface area contributed by atoms with Crippen molar-refractivity contribution < 1.29 is 18.3 Å². The van der Waals surface area contributed by atoms with Gasteiger partial charge in [-0.2, -0.15) is 0 Å². The average Bonchev–Trinajstić information content (AvgIpc) is 2.36. The van der Waals surface area contributed by atoms with Crippen LogP contribution in [0.25, 0.3) is 0 Å². The molecule has 2 rings (SSSR count). The Morgan fingerprint density at radius 1 is 1.14 bits per heavy atom. The maximum Gasteiger partial charge on any atom is 0.199 e. The molecule has 2 nitrogen and oxygen atoms in total. The lowest BCUT2D eigenvalue weighted by molar-refractivity contribution is 0.103. The van der Waals surface area contributed by atoms with E-state index >= 15 is 0 Å². The van der Waals surface area contributed by atoms with Crippen molar-refractivity contribution >= 4 is 21.7 Å². The molecule has 0 heterocycles. The number of benzene rings is 2. The van der Waals surface area contributed by atoms with E-state index in [1.165, 1.54) is 12.1 Å². The first-order chi connectivity index (χ1) is 9.88. The molecule has 0 spiro atoms. The Morgan fingerprint density at radius 3 is 2.33 bits per heavy atom. The summed E-state index contributed by atoms with van der Waals surface area (Å²) in [7, 11) is 0. The molecule has 0 saturated carbocycles. The summed E-state index contributed by atoms with van der Waals surface area (Å²) in [5.74, 6) is -2.04. The van der Waals surface area contributed by atoms with E-state index in [-0.39, 0.29) is 16.1 Å². The lowest BCUT2D eigenvalue weighted by Gasteiger charge is -2.11. The van der Waals surface area contributed by atoms with Crippen molar-refractivity contribution in [1.82, 2.24) is 0 Å². The van der Waals surface area contributed by atoms with Crippen LogP contribution in [0.1, 0.15) is 29.8 Å². The largest absolute Gasteiger partial charge is 0.491 e. The first kappa shape index (κ1) is 15.6. The maximum absolute atomic E-state index is 13.8. The van der Waals surface area contributed by atoms with E-state index < -0.39 is 23.0 Å². The van der Waals surface area contributed by atoms with Crippen LogP contribution in [0.15, 0.2) is 40.9 Å². The van der Waals surface area contributed by atoms with Crippen molar-refractivity contribution in [1.29, 1.82) is 0 Å². The van der Waals surface area contributed by atoms with Crippen LogP contribution < -0.4 is 4.74 Å². The van der Waals surface area contributed by atoms with Gasteiger partial charge in [0.05, 0.1) is 11.7 Å². The van der Waals surface area contributed by atoms with Gasteiger partial charge in [0.25, 0.3) is 0 Å². The highest BCUT2D eigenvalue weighted by molar-refractivity contribution is 9.10. The van der Waals surface area contributed by atoms with Crippen LogP contribution in [0, 0.1) is 11.6 Å². The van der Waals surface area contributed by atoms with Crippen molar-refractivity contribution in [2.24, 2.45) is 0 Å². The molecule has 21 heavy (non-hydrogen) atoms. The van der Waals surface area contributed by atoms with Crippen molar-refractivity contribution in [3.05, 3.63) is 63.6 Å². The van der Waals surface area contributed by atoms with E-state index in [9.17, 15) is 13.6 Å². The summed E-state index contributed by atoms with van der Waals surface area (Å²) in [6.45, 7) is 3.70. The molecule has 0 N–H and O–H groups in total. The molecule has 2 aromatic carbocycles. The minimum absolute atomic E-state index is 0.0588. The van der Waals surface area contributed by atoms with Gasteiger partial charge in [0.2, 0.25) is 0 Å². The third-order valence-corrected chi connectivity index (χ3v) is 3.16. The van der Waals surface area contributed by atoms with E-state index in [1.54, 1.807) is 12.1 Å². The number of ether oxygens (including phenoxy) is 1. The fourth-order valence-corrected chi connectivity index (χ4v) is 2.29. The van der Waals surface area contributed by atoms with E-state index in [4.69, 9.17) is 4.74 Å². The van der Waals surface area contributed by atoms with Gasteiger partial charge in [-0.25, -0.2) is 8.78 Å². The number of carbonyl (C=O) groups excluding carboxylic acids is 1. The van der Waals surface area contributed by atoms with Gasteiger partial charge >= 0.3 is 0 Å². The Morgan fingerprint density at radius 2 is 1.76 bits per heavy atom. The normalized spacial score (nSPS) is 10.8. The van der Waals surface area contributed by atoms with Crippen molar-refractivity contribution in [2.75, 3.05) is 0 Å². The molecule has 0 fully saturated rings. The second-order valence-corrected chi connectivity index (χ2v) is 5.68. The molecule has 0 amide bonds. The summed E-state index contributed by atoms with van der Waals surface area (Å²) in [4.78, 5) is 12.3. The third-order valence-electron chi connectivity index (χ3n) is 2.70. The highest BCUT2D eigenvalue weighted by atomic mass is 79.9. The number of rotatable bonds is 4. The molecule has 0 saturated heterocycles. The van der Waals surface area contributed by atoms with Crippen LogP contribution in [0.2, 0.25) is 0 Å². The van der Waals surface area contributed by atoms with Gasteiger partial charge in [0.1, 0.15) is 17.4 Å². The van der Waals surface area contributed by atoms with Gasteiger partial charge < -0.3 is 4.74 Å². The Balaban J connectivity index is 2.41. The molecule has 0 aliphatic carbocycles. The molecule has 0 aromatic heterocycles. The first-order valence-corrected chi connectivity index (χ1v) is 7.13. The van der Waals surface area contributed by atoms with Gasteiger partial charge in [0.15, 0.2) is 5.78 Å². The number of halogens is 3. The van der Waals surface area contributed by atoms with Gasteiger partial charge in [-0.15, -0.1) is 0 Å². The Kier molecular flexibility index (Phi) is 4.73. The molecule has 2 aromatic rings. The molecule has 0 atom stereocenters. The highest BCUT2D eigenvalue weighted by Crippen LogP contribution is 2.24. The van der Waals surface area contributed by atoms with Crippen LogP contribution in [0.4, 0.5) is 8.78 Å². The summed E-state index contributed by atoms with van der Waals surface area (Å²) in [6, 6.07) is 8.39. The van der Waals surface area contributed by atoms with Crippen LogP contribution in [-0.2, 0) is 0 Å². The van der Waals surface area contributed by atoms with E-state index in [1.807, 2.05) is 13.8 Å². The number of hydrogen-bond donors (Lipinski definition) is 0. The summed E-state index contributed by atoms with van der Waals surface area (Å²) in [5.41, 5.74) is -0.395. The van der Waals surface area contributed by atoms with Crippen molar-refractivity contribution in [2.45, 2.75) is 20.0 Å². The van der Waals surface area contributed by atoms with Gasteiger partial charge in [-0.1, -0.05) is 28.1 Å². The smallest absolute Gasteiger partial charge is 0.199 e. The monoisotopic (exact) mass is 354 g/mol. The van der Waals surface area contributed by atoms with Gasteiger partial charge in [0, 0.05) is 10.0 Å². The zero-order valence-electron chi connectivity index (χ0n) is 11.5. The first-order valence-electron chi connectivity index (χ1n) is 6.34. The van der Waals surface area contributed by atoms with Gasteiger partial charge in [-0.3, -0.25) is 4.79 Å². The lowest BCUT2D eigenvalue weighted by Crippen LogP contribution is -2.09. The van der Waals surface area contributed by atoms with Gasteiger partial charge in [-0.05, 0) is 38.1 Å². The minimum atomic E-state index is -0.901. The molecular formula is C16H13BrF2O2. The fourth-order valence-electron chi connectivity index (χ4n) is 1.89. The Labute approximate surface area is 129 Å². The highest BCUT2D eigenvalue weighted by Gasteiger charge is 2.20. The van der Waals surface area contributed by atoms with E-state index in [0.717, 1.165) is 12.1 Å². The number of ketones is 1. The number of carbonyl (C=O) groups is 1.